The predicted octanol–water partition coefficient (Wildman–Crippen LogP) is 4.03. The van der Waals surface area contributed by atoms with Gasteiger partial charge in [-0.2, -0.15) is 20.2 Å². The summed E-state index contributed by atoms with van der Waals surface area (Å²) >= 11 is 0. The molecule has 0 aliphatic carbocycles. The van der Waals surface area contributed by atoms with Crippen molar-refractivity contribution in [2.75, 3.05) is 37.4 Å². The van der Waals surface area contributed by atoms with Crippen molar-refractivity contribution in [3.8, 4) is 5.75 Å². The number of nitrogens with one attached hydrogen (secondary N) is 5. The number of hydrazone groups is 2. The number of aryl methyl sites for hydroxylation is 1. The Kier molecular flexibility index (Phi) is 10.7. The fourth-order valence-corrected chi connectivity index (χ4v) is 5.50. The molecule has 1 heterocycles. The Morgan fingerprint density at radius 2 is 1.15 bits per heavy atom. The number of rotatable bonds is 13. The van der Waals surface area contributed by atoms with Crippen molar-refractivity contribution in [3.05, 3.63) is 89.5 Å². The van der Waals surface area contributed by atoms with Crippen molar-refractivity contribution in [2.24, 2.45) is 10.2 Å². The zero-order valence-corrected chi connectivity index (χ0v) is 27.7. The second-order valence-electron chi connectivity index (χ2n) is 9.85. The second-order valence-corrected chi connectivity index (χ2v) is 13.6. The van der Waals surface area contributed by atoms with Crippen molar-refractivity contribution in [1.82, 2.24) is 19.4 Å². The zero-order chi connectivity index (χ0) is 33.5. The third-order valence-electron chi connectivity index (χ3n) is 6.78. The molecule has 0 spiro atoms. The summed E-state index contributed by atoms with van der Waals surface area (Å²) in [6, 6.07) is 19.8. The van der Waals surface area contributed by atoms with Crippen LogP contribution in [0.25, 0.3) is 0 Å². The highest BCUT2D eigenvalue weighted by Crippen LogP contribution is 2.25. The number of anilines is 4. The minimum absolute atomic E-state index is 0.144. The van der Waals surface area contributed by atoms with E-state index in [1.807, 2.05) is 25.1 Å². The number of methoxy groups -OCH3 is 1. The molecular formula is C30H35N9O5S2. The molecule has 0 saturated heterocycles. The minimum atomic E-state index is -3.56. The Bertz CT molecular complexity index is 1870. The van der Waals surface area contributed by atoms with Gasteiger partial charge >= 0.3 is 0 Å². The van der Waals surface area contributed by atoms with Crippen LogP contribution in [0.1, 0.15) is 30.5 Å². The fourth-order valence-electron chi connectivity index (χ4n) is 4.04. The highest BCUT2D eigenvalue weighted by atomic mass is 32.2. The molecule has 5 N–H and O–H groups in total. The molecule has 0 unspecified atom stereocenters. The van der Waals surface area contributed by atoms with Gasteiger partial charge in [0.2, 0.25) is 26.0 Å². The van der Waals surface area contributed by atoms with Gasteiger partial charge < -0.3 is 10.1 Å². The molecule has 0 amide bonds. The molecule has 4 aromatic rings. The highest BCUT2D eigenvalue weighted by Gasteiger charge is 2.13. The lowest BCUT2D eigenvalue weighted by atomic mass is 10.1. The number of hydrogen-bond donors (Lipinski definition) is 5. The van der Waals surface area contributed by atoms with E-state index in [0.29, 0.717) is 39.9 Å². The maximum atomic E-state index is 12.1. The monoisotopic (exact) mass is 665 g/mol. The summed E-state index contributed by atoms with van der Waals surface area (Å²) in [7, 11) is -2.81. The molecule has 0 bridgehead atoms. The van der Waals surface area contributed by atoms with Crippen LogP contribution in [0.15, 0.2) is 92.8 Å². The first-order chi connectivity index (χ1) is 21.8. The summed E-state index contributed by atoms with van der Waals surface area (Å²) in [6.45, 7) is 5.47. The number of sulfonamides is 2. The Labute approximate surface area is 268 Å². The van der Waals surface area contributed by atoms with E-state index < -0.39 is 20.0 Å². The molecule has 3 aromatic carbocycles. The molecule has 14 nitrogen and oxygen atoms in total. The van der Waals surface area contributed by atoms with Gasteiger partial charge in [0.25, 0.3) is 0 Å². The number of ether oxygens (including phenoxy) is 1. The molecule has 242 valence electrons. The summed E-state index contributed by atoms with van der Waals surface area (Å²) in [5, 5.41) is 12.1. The van der Waals surface area contributed by atoms with Gasteiger partial charge in [-0.3, -0.25) is 10.9 Å². The molecule has 16 heteroatoms. The molecule has 0 saturated carbocycles. The number of hydrogen-bond acceptors (Lipinski definition) is 12. The van der Waals surface area contributed by atoms with E-state index in [2.05, 4.69) is 45.8 Å². The molecular weight excluding hydrogens is 631 g/mol. The molecule has 4 rings (SSSR count). The first-order valence-corrected chi connectivity index (χ1v) is 16.8. The van der Waals surface area contributed by atoms with Gasteiger partial charge in [-0.15, -0.1) is 0 Å². The summed E-state index contributed by atoms with van der Waals surface area (Å²) in [5.74, 6) is 1.65. The normalized spacial score (nSPS) is 12.5. The van der Waals surface area contributed by atoms with Crippen molar-refractivity contribution < 1.29 is 21.6 Å². The highest BCUT2D eigenvalue weighted by molar-refractivity contribution is 7.89. The lowest BCUT2D eigenvalue weighted by Gasteiger charge is -2.12. The number of benzene rings is 3. The van der Waals surface area contributed by atoms with E-state index in [1.54, 1.807) is 51.3 Å². The average Bonchev–Trinajstić information content (AvgIpc) is 3.07. The summed E-state index contributed by atoms with van der Waals surface area (Å²) in [6.07, 6.45) is 0. The predicted molar refractivity (Wildman–Crippen MR) is 180 cm³/mol. The Balaban J connectivity index is 1.61. The smallest absolute Gasteiger partial charge is 0.240 e. The molecule has 0 fully saturated rings. The molecule has 46 heavy (non-hydrogen) atoms. The van der Waals surface area contributed by atoms with Gasteiger partial charge in [0, 0.05) is 11.8 Å². The SMILES string of the molecule is CNS(=O)(=O)c1ccc(C(C)=NNc2cc(NN=C(C)c3ccc(S(=O)(=O)NC)cc3)nc(Nc3ccc(OC)cc3C)n2)cc1. The maximum absolute atomic E-state index is 12.1. The third kappa shape index (κ3) is 8.42. The first-order valence-electron chi connectivity index (χ1n) is 13.8. The molecule has 0 radical (unpaired) electrons. The van der Waals surface area contributed by atoms with E-state index in [4.69, 9.17) is 4.74 Å². The maximum Gasteiger partial charge on any atom is 0.240 e. The van der Waals surface area contributed by atoms with Crippen LogP contribution >= 0.6 is 0 Å². The summed E-state index contributed by atoms with van der Waals surface area (Å²) in [4.78, 5) is 9.39. The largest absolute Gasteiger partial charge is 0.497 e. The third-order valence-corrected chi connectivity index (χ3v) is 9.65. The summed E-state index contributed by atoms with van der Waals surface area (Å²) in [5.41, 5.74) is 10.1. The van der Waals surface area contributed by atoms with Crippen LogP contribution < -0.4 is 30.3 Å². The van der Waals surface area contributed by atoms with Crippen LogP contribution in [0.4, 0.5) is 23.3 Å². The van der Waals surface area contributed by atoms with Crippen LogP contribution in [-0.4, -0.2) is 59.4 Å². The van der Waals surface area contributed by atoms with Crippen molar-refractivity contribution in [3.63, 3.8) is 0 Å². The Hall–Kier alpha value is -4.90. The molecule has 0 atom stereocenters. The zero-order valence-electron chi connectivity index (χ0n) is 26.1. The number of aromatic nitrogens is 2. The van der Waals surface area contributed by atoms with Gasteiger partial charge in [0.15, 0.2) is 11.6 Å². The first kappa shape index (κ1) is 34.0. The molecule has 0 aliphatic heterocycles. The number of nitrogens with zero attached hydrogens (tertiary/aromatic N) is 4. The van der Waals surface area contributed by atoms with Crippen LogP contribution in [0.2, 0.25) is 0 Å². The second kappa shape index (κ2) is 14.5. The Morgan fingerprint density at radius 1 is 0.696 bits per heavy atom. The average molecular weight is 666 g/mol. The van der Waals surface area contributed by atoms with E-state index >= 15 is 0 Å². The quantitative estimate of drug-likeness (QED) is 0.103. The van der Waals surface area contributed by atoms with Crippen molar-refractivity contribution in [2.45, 2.75) is 30.6 Å². The van der Waals surface area contributed by atoms with E-state index in [9.17, 15) is 16.8 Å². The lowest BCUT2D eigenvalue weighted by molar-refractivity contribution is 0.414. The Morgan fingerprint density at radius 3 is 1.54 bits per heavy atom. The topological polar surface area (TPSA) is 188 Å². The van der Waals surface area contributed by atoms with Gasteiger partial charge in [0.1, 0.15) is 5.75 Å². The van der Waals surface area contributed by atoms with Gasteiger partial charge in [-0.25, -0.2) is 26.3 Å². The van der Waals surface area contributed by atoms with Crippen LogP contribution in [0.3, 0.4) is 0 Å². The molecule has 1 aromatic heterocycles. The van der Waals surface area contributed by atoms with Crippen LogP contribution in [-0.2, 0) is 20.0 Å². The van der Waals surface area contributed by atoms with E-state index in [0.717, 1.165) is 11.3 Å². The van der Waals surface area contributed by atoms with E-state index in [1.165, 1.54) is 38.4 Å². The standard InChI is InChI=1S/C30H35N9O5S2/c1-19-17-24(44-6)11-16-27(19)33-30-34-28(38-36-20(2)22-7-12-25(13-8-22)45(40,41)31-4)18-29(35-30)39-37-21(3)23-9-14-26(15-10-23)46(42,43)32-5/h7-18,31-32H,1-6H3,(H3,33,34,35,38,39). The molecule has 0 aliphatic rings. The van der Waals surface area contributed by atoms with Gasteiger partial charge in [-0.05, 0) is 94.0 Å². The lowest BCUT2D eigenvalue weighted by Crippen LogP contribution is -2.18. The van der Waals surface area contributed by atoms with Crippen molar-refractivity contribution in [1.29, 1.82) is 0 Å². The van der Waals surface area contributed by atoms with Gasteiger partial charge in [-0.1, -0.05) is 24.3 Å². The fraction of sp³-hybridized carbons (Fsp3) is 0.200. The van der Waals surface area contributed by atoms with Gasteiger partial charge in [0.05, 0.1) is 28.3 Å². The minimum Gasteiger partial charge on any atom is -0.497 e. The van der Waals surface area contributed by atoms with Crippen molar-refractivity contribution >= 4 is 54.7 Å². The van der Waals surface area contributed by atoms with E-state index in [-0.39, 0.29) is 15.7 Å². The summed E-state index contributed by atoms with van der Waals surface area (Å²) < 4.78 is 58.1. The van der Waals surface area contributed by atoms with Crippen LogP contribution in [0.5, 0.6) is 5.75 Å². The van der Waals surface area contributed by atoms with Crippen LogP contribution in [0, 0.1) is 6.92 Å².